The summed E-state index contributed by atoms with van der Waals surface area (Å²) in [6.07, 6.45) is 3.94. The molecule has 0 spiro atoms. The molecule has 0 bridgehead atoms. The Morgan fingerprint density at radius 2 is 2.12 bits per heavy atom. The van der Waals surface area contributed by atoms with Crippen LogP contribution in [0.25, 0.3) is 17.1 Å². The van der Waals surface area contributed by atoms with E-state index >= 15 is 0 Å². The molecule has 122 valence electrons. The van der Waals surface area contributed by atoms with Crippen molar-refractivity contribution in [3.8, 4) is 5.75 Å². The Kier molecular flexibility index (Phi) is 4.91. The molecule has 1 heterocycles. The van der Waals surface area contributed by atoms with Crippen LogP contribution >= 0.6 is 0 Å². The smallest absolute Gasteiger partial charge is 0.244 e. The molecule has 1 aromatic heterocycles. The highest BCUT2D eigenvalue weighted by Gasteiger charge is 2.02. The molecule has 1 amide bonds. The molecule has 0 unspecified atom stereocenters. The van der Waals surface area contributed by atoms with Crippen molar-refractivity contribution >= 4 is 23.0 Å². The fourth-order valence-electron chi connectivity index (χ4n) is 2.40. The zero-order chi connectivity index (χ0) is 16.8. The lowest BCUT2D eigenvalue weighted by Gasteiger charge is -2.01. The van der Waals surface area contributed by atoms with Gasteiger partial charge in [-0.05, 0) is 35.9 Å². The van der Waals surface area contributed by atoms with Gasteiger partial charge in [0.05, 0.1) is 18.1 Å². The van der Waals surface area contributed by atoms with E-state index < -0.39 is 0 Å². The normalized spacial score (nSPS) is 11.0. The lowest BCUT2D eigenvalue weighted by molar-refractivity contribution is -0.116. The Labute approximate surface area is 140 Å². The average Bonchev–Trinajstić information content (AvgIpc) is 3.03. The molecule has 5 nitrogen and oxygen atoms in total. The maximum absolute atomic E-state index is 11.9. The van der Waals surface area contributed by atoms with Crippen LogP contribution in [0.5, 0.6) is 5.75 Å². The molecular weight excluding hydrogens is 302 g/mol. The Hall–Kier alpha value is -3.08. The number of benzene rings is 2. The van der Waals surface area contributed by atoms with Crippen molar-refractivity contribution in [1.29, 1.82) is 0 Å². The summed E-state index contributed by atoms with van der Waals surface area (Å²) in [6.45, 7) is 0.529. The topological polar surface area (TPSA) is 67.0 Å². The van der Waals surface area contributed by atoms with Crippen molar-refractivity contribution in [3.05, 3.63) is 66.0 Å². The first-order valence-electron chi connectivity index (χ1n) is 7.78. The number of carbonyl (C=O) groups excluding carboxylic acids is 1. The lowest BCUT2D eigenvalue weighted by Crippen LogP contribution is -2.23. The van der Waals surface area contributed by atoms with Crippen LogP contribution in [0, 0.1) is 0 Å². The van der Waals surface area contributed by atoms with Crippen LogP contribution in [0.15, 0.2) is 54.6 Å². The van der Waals surface area contributed by atoms with Gasteiger partial charge < -0.3 is 15.0 Å². The van der Waals surface area contributed by atoms with Crippen molar-refractivity contribution < 1.29 is 9.53 Å². The average molecular weight is 321 g/mol. The number of aromatic nitrogens is 2. The number of nitrogens with zero attached hydrogens (tertiary/aromatic N) is 1. The van der Waals surface area contributed by atoms with E-state index in [0.717, 1.165) is 28.2 Å². The van der Waals surface area contributed by atoms with Gasteiger partial charge in [-0.25, -0.2) is 4.98 Å². The van der Waals surface area contributed by atoms with Crippen molar-refractivity contribution in [2.24, 2.45) is 0 Å². The number of hydrogen-bond donors (Lipinski definition) is 2. The lowest BCUT2D eigenvalue weighted by atomic mass is 10.2. The predicted octanol–water partition coefficient (Wildman–Crippen LogP) is 2.94. The number of hydrogen-bond acceptors (Lipinski definition) is 3. The first kappa shape index (κ1) is 15.8. The van der Waals surface area contributed by atoms with E-state index in [9.17, 15) is 4.79 Å². The molecular formula is C19H19N3O2. The van der Waals surface area contributed by atoms with Crippen molar-refractivity contribution in [2.45, 2.75) is 6.42 Å². The summed E-state index contributed by atoms with van der Waals surface area (Å²) in [5.41, 5.74) is 2.87. The Balaban J connectivity index is 1.50. The summed E-state index contributed by atoms with van der Waals surface area (Å²) >= 11 is 0. The molecule has 0 radical (unpaired) electrons. The molecule has 0 aliphatic heterocycles. The number of imidazole rings is 1. The highest BCUT2D eigenvalue weighted by Crippen LogP contribution is 2.13. The van der Waals surface area contributed by atoms with Crippen molar-refractivity contribution in [1.82, 2.24) is 15.3 Å². The van der Waals surface area contributed by atoms with Crippen LogP contribution in [0.4, 0.5) is 0 Å². The number of carbonyl (C=O) groups is 1. The molecule has 24 heavy (non-hydrogen) atoms. The summed E-state index contributed by atoms with van der Waals surface area (Å²) in [5.74, 6) is 1.50. The number of ether oxygens (including phenoxy) is 1. The molecule has 3 aromatic rings. The number of methoxy groups -OCH3 is 1. The fourth-order valence-corrected chi connectivity index (χ4v) is 2.40. The van der Waals surface area contributed by atoms with Gasteiger partial charge in [-0.1, -0.05) is 24.3 Å². The molecule has 0 aliphatic rings. The molecule has 0 aliphatic carbocycles. The summed E-state index contributed by atoms with van der Waals surface area (Å²) < 4.78 is 5.16. The van der Waals surface area contributed by atoms with E-state index in [1.54, 1.807) is 13.2 Å². The number of fused-ring (bicyclic) bond motifs is 1. The van der Waals surface area contributed by atoms with E-state index in [-0.39, 0.29) is 5.91 Å². The maximum Gasteiger partial charge on any atom is 0.244 e. The Morgan fingerprint density at radius 1 is 1.25 bits per heavy atom. The van der Waals surface area contributed by atoms with Gasteiger partial charge in [0.15, 0.2) is 0 Å². The van der Waals surface area contributed by atoms with E-state index in [0.29, 0.717) is 13.0 Å². The molecule has 0 atom stereocenters. The molecule has 2 aromatic carbocycles. The number of para-hydroxylation sites is 2. The van der Waals surface area contributed by atoms with Gasteiger partial charge in [0.25, 0.3) is 0 Å². The second-order valence-electron chi connectivity index (χ2n) is 5.35. The number of rotatable bonds is 6. The van der Waals surface area contributed by atoms with Crippen LogP contribution in [-0.2, 0) is 11.2 Å². The van der Waals surface area contributed by atoms with Crippen LogP contribution in [0.1, 0.15) is 11.4 Å². The SMILES string of the molecule is COc1cccc(/C=C/C(=O)NCCc2nc3ccccc3[nH]2)c1. The summed E-state index contributed by atoms with van der Waals surface area (Å²) in [4.78, 5) is 19.6. The number of aromatic amines is 1. The third kappa shape index (κ3) is 4.01. The van der Waals surface area contributed by atoms with Crippen molar-refractivity contribution in [3.63, 3.8) is 0 Å². The summed E-state index contributed by atoms with van der Waals surface area (Å²) in [6, 6.07) is 15.4. The molecule has 2 N–H and O–H groups in total. The second kappa shape index (κ2) is 7.46. The highest BCUT2D eigenvalue weighted by atomic mass is 16.5. The second-order valence-corrected chi connectivity index (χ2v) is 5.35. The number of H-pyrrole nitrogens is 1. The summed E-state index contributed by atoms with van der Waals surface area (Å²) in [7, 11) is 1.62. The molecule has 3 rings (SSSR count). The predicted molar refractivity (Wildman–Crippen MR) is 94.8 cm³/mol. The number of nitrogens with one attached hydrogen (secondary N) is 2. The van der Waals surface area contributed by atoms with Gasteiger partial charge in [-0.2, -0.15) is 0 Å². The number of amides is 1. The molecule has 0 saturated carbocycles. The minimum atomic E-state index is -0.131. The van der Waals surface area contributed by atoms with E-state index in [2.05, 4.69) is 15.3 Å². The third-order valence-corrected chi connectivity index (χ3v) is 3.62. The van der Waals surface area contributed by atoms with E-state index in [1.807, 2.05) is 48.5 Å². The van der Waals surface area contributed by atoms with Crippen LogP contribution in [-0.4, -0.2) is 29.5 Å². The minimum Gasteiger partial charge on any atom is -0.497 e. The first-order valence-corrected chi connectivity index (χ1v) is 7.78. The van der Waals surface area contributed by atoms with Crippen LogP contribution in [0.2, 0.25) is 0 Å². The fraction of sp³-hybridized carbons (Fsp3) is 0.158. The maximum atomic E-state index is 11.9. The van der Waals surface area contributed by atoms with Gasteiger partial charge in [-0.15, -0.1) is 0 Å². The van der Waals surface area contributed by atoms with Gasteiger partial charge in [0.1, 0.15) is 11.6 Å². The first-order chi connectivity index (χ1) is 11.7. The van der Waals surface area contributed by atoms with E-state index in [4.69, 9.17) is 4.74 Å². The minimum absolute atomic E-state index is 0.131. The Bertz CT molecular complexity index is 835. The van der Waals surface area contributed by atoms with Crippen LogP contribution in [0.3, 0.4) is 0 Å². The third-order valence-electron chi connectivity index (χ3n) is 3.62. The molecule has 0 saturated heterocycles. The standard InChI is InChI=1S/C19H19N3O2/c1-24-15-6-4-5-14(13-15)9-10-19(23)20-12-11-18-21-16-7-2-3-8-17(16)22-18/h2-10,13H,11-12H2,1H3,(H,20,23)(H,21,22)/b10-9+. The summed E-state index contributed by atoms with van der Waals surface area (Å²) in [5, 5.41) is 2.86. The largest absolute Gasteiger partial charge is 0.497 e. The highest BCUT2D eigenvalue weighted by molar-refractivity contribution is 5.91. The monoisotopic (exact) mass is 321 g/mol. The van der Waals surface area contributed by atoms with Gasteiger partial charge in [0, 0.05) is 19.0 Å². The van der Waals surface area contributed by atoms with Gasteiger partial charge in [0.2, 0.25) is 5.91 Å². The van der Waals surface area contributed by atoms with E-state index in [1.165, 1.54) is 6.08 Å². The zero-order valence-electron chi connectivity index (χ0n) is 13.5. The van der Waals surface area contributed by atoms with Crippen LogP contribution < -0.4 is 10.1 Å². The van der Waals surface area contributed by atoms with Gasteiger partial charge >= 0.3 is 0 Å². The molecule has 0 fully saturated rings. The molecule has 5 heteroatoms. The zero-order valence-corrected chi connectivity index (χ0v) is 13.5. The van der Waals surface area contributed by atoms with Gasteiger partial charge in [-0.3, -0.25) is 4.79 Å². The quantitative estimate of drug-likeness (QED) is 0.686. The Morgan fingerprint density at radius 3 is 2.96 bits per heavy atom. The van der Waals surface area contributed by atoms with Crippen molar-refractivity contribution in [2.75, 3.05) is 13.7 Å².